The minimum absolute atomic E-state index is 0.153. The Labute approximate surface area is 220 Å². The molecule has 0 aromatic heterocycles. The Hall–Kier alpha value is -2.66. The number of unbranched alkanes of at least 4 members (excludes halogenated alkanes) is 2. The zero-order chi connectivity index (χ0) is 26.9. The van der Waals surface area contributed by atoms with Gasteiger partial charge in [0.05, 0.1) is 27.6 Å². The number of esters is 1. The van der Waals surface area contributed by atoms with E-state index in [1.807, 2.05) is 21.1 Å². The van der Waals surface area contributed by atoms with Crippen LogP contribution in [-0.2, 0) is 14.3 Å². The van der Waals surface area contributed by atoms with E-state index in [4.69, 9.17) is 9.84 Å². The van der Waals surface area contributed by atoms with Gasteiger partial charge in [-0.2, -0.15) is 0 Å². The second-order valence-corrected chi connectivity index (χ2v) is 9.84. The number of carbonyl (C=O) groups is 2. The van der Waals surface area contributed by atoms with E-state index < -0.39 is 12.1 Å². The summed E-state index contributed by atoms with van der Waals surface area (Å²) >= 11 is 0. The lowest BCUT2D eigenvalue weighted by Gasteiger charge is -2.28. The van der Waals surface area contributed by atoms with Gasteiger partial charge >= 0.3 is 11.9 Å². The Morgan fingerprint density at radius 1 is 0.722 bits per heavy atom. The highest BCUT2D eigenvalue weighted by molar-refractivity contribution is 5.71. The molecule has 0 fully saturated rings. The minimum atomic E-state index is -0.945. The standard InChI is InChI=1S/C31H49NO4/c1-5-6-7-8-9-10-11-12-13-14-15-16-17-18-19-20-21-22-23-24-25-26-31(35)36-29(27-30(33)34)28-32(2,3)4/h6-7,9-10,12-13,15-16,18-19,21-22,29H,5,8,11,14,17,20,23-28H2,1-4H3/p+1/b7-6+,10-9+,13-12+,16-15+,19-18+,22-21+. The van der Waals surface area contributed by atoms with Gasteiger partial charge in [-0.05, 0) is 57.8 Å². The van der Waals surface area contributed by atoms with Gasteiger partial charge in [-0.1, -0.05) is 79.8 Å². The van der Waals surface area contributed by atoms with Gasteiger partial charge in [0.15, 0.2) is 6.10 Å². The van der Waals surface area contributed by atoms with Gasteiger partial charge in [0.25, 0.3) is 0 Å². The summed E-state index contributed by atoms with van der Waals surface area (Å²) in [4.78, 5) is 23.1. The third kappa shape index (κ3) is 26.0. The lowest BCUT2D eigenvalue weighted by molar-refractivity contribution is -0.873. The normalized spacial score (nSPS) is 13.9. The Morgan fingerprint density at radius 3 is 1.58 bits per heavy atom. The first-order chi connectivity index (χ1) is 17.2. The average molecular weight is 501 g/mol. The van der Waals surface area contributed by atoms with Crippen LogP contribution in [0.5, 0.6) is 0 Å². The van der Waals surface area contributed by atoms with E-state index in [-0.39, 0.29) is 12.4 Å². The molecule has 0 amide bonds. The predicted molar refractivity (Wildman–Crippen MR) is 152 cm³/mol. The fourth-order valence-electron chi connectivity index (χ4n) is 3.37. The zero-order valence-corrected chi connectivity index (χ0v) is 23.1. The Morgan fingerprint density at radius 2 is 1.17 bits per heavy atom. The number of quaternary nitrogens is 1. The van der Waals surface area contributed by atoms with Gasteiger partial charge in [-0.15, -0.1) is 0 Å². The fraction of sp³-hybridized carbons (Fsp3) is 0.548. The molecule has 36 heavy (non-hydrogen) atoms. The monoisotopic (exact) mass is 500 g/mol. The van der Waals surface area contributed by atoms with Crippen LogP contribution in [0.25, 0.3) is 0 Å². The maximum atomic E-state index is 12.1. The van der Waals surface area contributed by atoms with Crippen LogP contribution in [0.15, 0.2) is 72.9 Å². The molecule has 1 unspecified atom stereocenters. The summed E-state index contributed by atoms with van der Waals surface area (Å²) in [6.45, 7) is 2.63. The van der Waals surface area contributed by atoms with Crippen molar-refractivity contribution in [2.45, 2.75) is 83.7 Å². The van der Waals surface area contributed by atoms with Crippen LogP contribution in [0.4, 0.5) is 0 Å². The number of carboxylic acid groups (broad SMARTS) is 1. The second kappa shape index (κ2) is 22.8. The number of nitrogens with zero attached hydrogens (tertiary/aromatic N) is 1. The zero-order valence-electron chi connectivity index (χ0n) is 23.1. The van der Waals surface area contributed by atoms with E-state index in [1.165, 1.54) is 0 Å². The largest absolute Gasteiger partial charge is 0.481 e. The molecule has 0 saturated heterocycles. The number of carbonyl (C=O) groups excluding carboxylic acids is 1. The number of ether oxygens (including phenoxy) is 1. The maximum Gasteiger partial charge on any atom is 0.307 e. The number of allylic oxidation sites excluding steroid dienone is 12. The molecule has 0 aromatic carbocycles. The molecule has 0 bridgehead atoms. The van der Waals surface area contributed by atoms with Gasteiger partial charge in [-0.3, -0.25) is 9.59 Å². The van der Waals surface area contributed by atoms with Gasteiger partial charge in [-0.25, -0.2) is 0 Å². The highest BCUT2D eigenvalue weighted by Gasteiger charge is 2.24. The quantitative estimate of drug-likeness (QED) is 0.0775. The molecule has 0 spiro atoms. The molecule has 202 valence electrons. The van der Waals surface area contributed by atoms with E-state index in [0.717, 1.165) is 57.8 Å². The van der Waals surface area contributed by atoms with Crippen LogP contribution in [-0.4, -0.2) is 55.3 Å². The lowest BCUT2D eigenvalue weighted by Crippen LogP contribution is -2.43. The van der Waals surface area contributed by atoms with E-state index in [2.05, 4.69) is 79.8 Å². The summed E-state index contributed by atoms with van der Waals surface area (Å²) in [5.41, 5.74) is 0. The predicted octanol–water partition coefficient (Wildman–Crippen LogP) is 7.34. The first-order valence-corrected chi connectivity index (χ1v) is 13.4. The Bertz CT molecular complexity index is 751. The second-order valence-electron chi connectivity index (χ2n) is 9.84. The van der Waals surface area contributed by atoms with Crippen LogP contribution in [0.3, 0.4) is 0 Å². The van der Waals surface area contributed by atoms with Crippen molar-refractivity contribution >= 4 is 11.9 Å². The molecular weight excluding hydrogens is 450 g/mol. The lowest BCUT2D eigenvalue weighted by atomic mass is 10.1. The van der Waals surface area contributed by atoms with Crippen LogP contribution in [0.2, 0.25) is 0 Å². The molecule has 0 aliphatic carbocycles. The fourth-order valence-corrected chi connectivity index (χ4v) is 3.37. The van der Waals surface area contributed by atoms with Crippen molar-refractivity contribution in [1.29, 1.82) is 0 Å². The molecular formula is C31H50NO4+. The number of aliphatic carboxylic acids is 1. The summed E-state index contributed by atoms with van der Waals surface area (Å²) in [6, 6.07) is 0. The molecule has 0 aliphatic heterocycles. The van der Waals surface area contributed by atoms with E-state index >= 15 is 0 Å². The summed E-state index contributed by atoms with van der Waals surface area (Å²) in [7, 11) is 5.86. The molecule has 0 rings (SSSR count). The third-order valence-electron chi connectivity index (χ3n) is 5.05. The number of likely N-dealkylation sites (N-methyl/N-ethyl adjacent to an activating group) is 1. The van der Waals surface area contributed by atoms with E-state index in [0.29, 0.717) is 17.4 Å². The number of carboxylic acids is 1. The summed E-state index contributed by atoms with van der Waals surface area (Å²) in [5, 5.41) is 9.03. The number of hydrogen-bond donors (Lipinski definition) is 1. The van der Waals surface area contributed by atoms with Gasteiger partial charge in [0, 0.05) is 6.42 Å². The molecule has 0 saturated carbocycles. The summed E-state index contributed by atoms with van der Waals surface area (Å²) < 4.78 is 5.95. The smallest absolute Gasteiger partial charge is 0.307 e. The van der Waals surface area contributed by atoms with Gasteiger partial charge < -0.3 is 14.3 Å². The van der Waals surface area contributed by atoms with Crippen molar-refractivity contribution in [2.24, 2.45) is 0 Å². The van der Waals surface area contributed by atoms with E-state index in [1.54, 1.807) is 0 Å². The highest BCUT2D eigenvalue weighted by atomic mass is 16.5. The Balaban J connectivity index is 3.81. The van der Waals surface area contributed by atoms with Crippen molar-refractivity contribution in [2.75, 3.05) is 27.7 Å². The SMILES string of the molecule is CC/C=C/C/C=C/C/C=C/C/C=C/C/C=C/C/C=C/CCCCC(=O)OC(CC(=O)O)C[N+](C)(C)C. The minimum Gasteiger partial charge on any atom is -0.481 e. The average Bonchev–Trinajstić information content (AvgIpc) is 2.78. The van der Waals surface area contributed by atoms with Crippen LogP contribution < -0.4 is 0 Å². The first-order valence-electron chi connectivity index (χ1n) is 13.4. The van der Waals surface area contributed by atoms with Crippen LogP contribution in [0.1, 0.15) is 77.6 Å². The van der Waals surface area contributed by atoms with Crippen LogP contribution in [0, 0.1) is 0 Å². The van der Waals surface area contributed by atoms with Crippen LogP contribution >= 0.6 is 0 Å². The first kappa shape index (κ1) is 33.3. The summed E-state index contributed by atoms with van der Waals surface area (Å²) in [5.74, 6) is -1.25. The van der Waals surface area contributed by atoms with E-state index in [9.17, 15) is 9.59 Å². The van der Waals surface area contributed by atoms with Crippen molar-refractivity contribution in [3.8, 4) is 0 Å². The third-order valence-corrected chi connectivity index (χ3v) is 5.05. The molecule has 0 aliphatic rings. The molecule has 0 aromatic rings. The molecule has 0 heterocycles. The highest BCUT2D eigenvalue weighted by Crippen LogP contribution is 2.09. The van der Waals surface area contributed by atoms with Gasteiger partial charge in [0.1, 0.15) is 6.54 Å². The number of rotatable bonds is 21. The molecule has 5 heteroatoms. The van der Waals surface area contributed by atoms with Crippen molar-refractivity contribution in [3.63, 3.8) is 0 Å². The molecule has 1 atom stereocenters. The molecule has 5 nitrogen and oxygen atoms in total. The molecule has 1 N–H and O–H groups in total. The maximum absolute atomic E-state index is 12.1. The van der Waals surface area contributed by atoms with Crippen molar-refractivity contribution in [1.82, 2.24) is 0 Å². The van der Waals surface area contributed by atoms with Gasteiger partial charge in [0.2, 0.25) is 0 Å². The molecule has 0 radical (unpaired) electrons. The van der Waals surface area contributed by atoms with Crippen molar-refractivity contribution < 1.29 is 23.9 Å². The van der Waals surface area contributed by atoms with Crippen molar-refractivity contribution in [3.05, 3.63) is 72.9 Å². The summed E-state index contributed by atoms with van der Waals surface area (Å²) in [6.07, 6.45) is 34.4. The topological polar surface area (TPSA) is 63.6 Å². The number of hydrogen-bond acceptors (Lipinski definition) is 3. The Kier molecular flexibility index (Phi) is 21.1.